The van der Waals surface area contributed by atoms with Crippen LogP contribution < -0.4 is 9.47 Å². The van der Waals surface area contributed by atoms with E-state index in [9.17, 15) is 18.0 Å². The molecule has 0 saturated heterocycles. The number of nitrogens with zero attached hydrogens (tertiary/aromatic N) is 3. The van der Waals surface area contributed by atoms with Gasteiger partial charge in [0.2, 0.25) is 5.88 Å². The number of benzene rings is 1. The van der Waals surface area contributed by atoms with Crippen LogP contribution in [0, 0.1) is 0 Å². The highest BCUT2D eigenvalue weighted by atomic mass is 35.5. The summed E-state index contributed by atoms with van der Waals surface area (Å²) in [4.78, 5) is 10.9. The molecule has 0 aliphatic carbocycles. The Morgan fingerprint density at radius 3 is 2.46 bits per heavy atom. The molecule has 1 atom stereocenters. The number of alkyl halides is 3. The van der Waals surface area contributed by atoms with Crippen molar-refractivity contribution in [2.75, 3.05) is 0 Å². The van der Waals surface area contributed by atoms with E-state index in [2.05, 4.69) is 10.3 Å². The summed E-state index contributed by atoms with van der Waals surface area (Å²) in [6.45, 7) is 1.25. The third kappa shape index (κ3) is 4.60. The van der Waals surface area contributed by atoms with Gasteiger partial charge in [-0.25, -0.2) is 9.48 Å². The largest absolute Gasteiger partial charge is 0.479 e. The molecule has 13 heteroatoms. The molecule has 1 heterocycles. The second-order valence-corrected chi connectivity index (χ2v) is 6.16. The maximum absolute atomic E-state index is 13.1. The molecule has 0 unspecified atom stereocenters. The van der Waals surface area contributed by atoms with Gasteiger partial charge >= 0.3 is 12.1 Å². The molecular weight excluding hydrogens is 430 g/mol. The lowest BCUT2D eigenvalue weighted by Gasteiger charge is -2.15. The third-order valence-corrected chi connectivity index (χ3v) is 3.92. The van der Waals surface area contributed by atoms with E-state index in [1.807, 2.05) is 0 Å². The van der Waals surface area contributed by atoms with Gasteiger partial charge in [0, 0.05) is 13.1 Å². The zero-order chi connectivity index (χ0) is 21.2. The second-order valence-electron chi connectivity index (χ2n) is 5.35. The fourth-order valence-corrected chi connectivity index (χ4v) is 2.52. The van der Waals surface area contributed by atoms with Crippen LogP contribution in [-0.4, -0.2) is 38.4 Å². The SMILES string of the molecule is C[C@H](Oc1cc(Oc2c(C=NO)c(C(F)(F)F)nn2C)c(Cl)cc1Cl)C(=O)O. The molecular formula is C15H12Cl2F3N3O5. The van der Waals surface area contributed by atoms with Crippen molar-refractivity contribution in [3.05, 3.63) is 33.4 Å². The Kier molecular flexibility index (Phi) is 6.30. The number of halogens is 5. The molecule has 1 aromatic carbocycles. The Hall–Kier alpha value is -2.66. The lowest BCUT2D eigenvalue weighted by Crippen LogP contribution is -2.23. The van der Waals surface area contributed by atoms with Crippen LogP contribution in [0.4, 0.5) is 13.2 Å². The van der Waals surface area contributed by atoms with Gasteiger partial charge in [0.05, 0.1) is 21.8 Å². The lowest BCUT2D eigenvalue weighted by atomic mass is 10.2. The molecule has 1 aromatic heterocycles. The van der Waals surface area contributed by atoms with Crippen LogP contribution in [0.25, 0.3) is 0 Å². The van der Waals surface area contributed by atoms with Crippen molar-refractivity contribution in [1.29, 1.82) is 0 Å². The highest BCUT2D eigenvalue weighted by Gasteiger charge is 2.39. The molecule has 8 nitrogen and oxygen atoms in total. The van der Waals surface area contributed by atoms with Crippen LogP contribution in [0.15, 0.2) is 17.3 Å². The number of carboxylic acids is 1. The van der Waals surface area contributed by atoms with E-state index >= 15 is 0 Å². The number of rotatable bonds is 6. The summed E-state index contributed by atoms with van der Waals surface area (Å²) in [6.07, 6.45) is -5.60. The Morgan fingerprint density at radius 1 is 1.32 bits per heavy atom. The summed E-state index contributed by atoms with van der Waals surface area (Å²) < 4.78 is 50.7. The van der Waals surface area contributed by atoms with E-state index in [4.69, 9.17) is 43.0 Å². The van der Waals surface area contributed by atoms with E-state index in [0.29, 0.717) is 6.21 Å². The van der Waals surface area contributed by atoms with Crippen LogP contribution >= 0.6 is 23.2 Å². The average Bonchev–Trinajstić information content (AvgIpc) is 2.88. The van der Waals surface area contributed by atoms with Gasteiger partial charge in [-0.05, 0) is 13.0 Å². The summed E-state index contributed by atoms with van der Waals surface area (Å²) in [7, 11) is 1.17. The predicted molar refractivity (Wildman–Crippen MR) is 91.9 cm³/mol. The van der Waals surface area contributed by atoms with Crippen molar-refractivity contribution in [3.63, 3.8) is 0 Å². The van der Waals surface area contributed by atoms with Crippen molar-refractivity contribution < 1.29 is 37.8 Å². The van der Waals surface area contributed by atoms with E-state index in [1.165, 1.54) is 20.0 Å². The van der Waals surface area contributed by atoms with Crippen LogP contribution in [0.3, 0.4) is 0 Å². The lowest BCUT2D eigenvalue weighted by molar-refractivity contribution is -0.144. The molecule has 0 radical (unpaired) electrons. The molecule has 0 amide bonds. The number of ether oxygens (including phenoxy) is 2. The van der Waals surface area contributed by atoms with Gasteiger partial charge < -0.3 is 19.8 Å². The summed E-state index contributed by atoms with van der Waals surface area (Å²) in [5.74, 6) is -2.02. The first kappa shape index (κ1) is 21.6. The van der Waals surface area contributed by atoms with Crippen LogP contribution in [-0.2, 0) is 18.0 Å². The molecule has 152 valence electrons. The van der Waals surface area contributed by atoms with Gasteiger partial charge in [-0.3, -0.25) is 0 Å². The molecule has 0 aliphatic rings. The van der Waals surface area contributed by atoms with E-state index < -0.39 is 35.4 Å². The normalized spacial score (nSPS) is 13.0. The van der Waals surface area contributed by atoms with Crippen LogP contribution in [0.5, 0.6) is 17.4 Å². The van der Waals surface area contributed by atoms with Gasteiger partial charge in [0.25, 0.3) is 0 Å². The topological polar surface area (TPSA) is 106 Å². The third-order valence-electron chi connectivity index (χ3n) is 3.33. The van der Waals surface area contributed by atoms with Gasteiger partial charge in [-0.2, -0.15) is 18.3 Å². The fourth-order valence-electron chi connectivity index (χ4n) is 2.05. The number of hydrogen-bond acceptors (Lipinski definition) is 6. The zero-order valence-electron chi connectivity index (χ0n) is 14.2. The quantitative estimate of drug-likeness (QED) is 0.395. The minimum atomic E-state index is -4.84. The summed E-state index contributed by atoms with van der Waals surface area (Å²) >= 11 is 12.0. The number of oxime groups is 1. The van der Waals surface area contributed by atoms with Crippen molar-refractivity contribution in [2.24, 2.45) is 12.2 Å². The monoisotopic (exact) mass is 441 g/mol. The van der Waals surface area contributed by atoms with Crippen molar-refractivity contribution >= 4 is 35.4 Å². The van der Waals surface area contributed by atoms with E-state index in [1.54, 1.807) is 0 Å². The standard InChI is InChI=1S/C15H12Cl2F3N3O5/c1-6(14(24)25)27-10-4-11(9(17)3-8(10)16)28-13-7(5-21-26)12(15(18,19)20)22-23(13)2/h3-6,26H,1-2H3,(H,24,25)/t6-/m0/s1. The zero-order valence-corrected chi connectivity index (χ0v) is 15.7. The smallest absolute Gasteiger partial charge is 0.435 e. The molecule has 0 spiro atoms. The molecule has 0 bridgehead atoms. The van der Waals surface area contributed by atoms with Crippen LogP contribution in [0.1, 0.15) is 18.2 Å². The first-order valence-corrected chi connectivity index (χ1v) is 8.09. The first-order valence-electron chi connectivity index (χ1n) is 7.33. The highest BCUT2D eigenvalue weighted by Crippen LogP contribution is 2.41. The second kappa shape index (κ2) is 8.15. The first-order chi connectivity index (χ1) is 13.0. The maximum Gasteiger partial charge on any atom is 0.435 e. The minimum absolute atomic E-state index is 0.0384. The number of hydrogen-bond donors (Lipinski definition) is 2. The van der Waals surface area contributed by atoms with Crippen molar-refractivity contribution in [3.8, 4) is 17.4 Å². The van der Waals surface area contributed by atoms with E-state index in [0.717, 1.165) is 10.7 Å². The number of aliphatic carboxylic acids is 1. The number of aromatic nitrogens is 2. The van der Waals surface area contributed by atoms with Gasteiger partial charge in [-0.1, -0.05) is 28.4 Å². The van der Waals surface area contributed by atoms with Crippen LogP contribution in [0.2, 0.25) is 10.0 Å². The molecule has 0 fully saturated rings. The Bertz CT molecular complexity index is 931. The summed E-state index contributed by atoms with van der Waals surface area (Å²) in [5.41, 5.74) is -1.99. The minimum Gasteiger partial charge on any atom is -0.479 e. The molecule has 0 aliphatic heterocycles. The Morgan fingerprint density at radius 2 is 1.93 bits per heavy atom. The Balaban J connectivity index is 2.51. The van der Waals surface area contributed by atoms with Gasteiger partial charge in [-0.15, -0.1) is 0 Å². The van der Waals surface area contributed by atoms with Crippen molar-refractivity contribution in [2.45, 2.75) is 19.2 Å². The molecule has 0 saturated carbocycles. The molecule has 2 N–H and O–H groups in total. The predicted octanol–water partition coefficient (Wildman–Crippen LogP) is 4.20. The summed E-state index contributed by atoms with van der Waals surface area (Å²) in [6, 6.07) is 2.29. The highest BCUT2D eigenvalue weighted by molar-refractivity contribution is 6.36. The number of aryl methyl sites for hydroxylation is 1. The maximum atomic E-state index is 13.1. The van der Waals surface area contributed by atoms with Crippen molar-refractivity contribution in [1.82, 2.24) is 9.78 Å². The number of carbonyl (C=O) groups is 1. The van der Waals surface area contributed by atoms with E-state index in [-0.39, 0.29) is 21.5 Å². The molecule has 2 rings (SSSR count). The van der Waals surface area contributed by atoms with Gasteiger partial charge in [0.1, 0.15) is 5.75 Å². The Labute approximate surface area is 165 Å². The summed E-state index contributed by atoms with van der Waals surface area (Å²) in [5, 5.41) is 23.4. The fraction of sp³-hybridized carbons (Fsp3) is 0.267. The molecule has 2 aromatic rings. The number of carboxylic acid groups (broad SMARTS) is 1. The average molecular weight is 442 g/mol. The molecule has 28 heavy (non-hydrogen) atoms. The van der Waals surface area contributed by atoms with Gasteiger partial charge in [0.15, 0.2) is 17.5 Å².